The minimum absolute atomic E-state index is 0.499. The first-order chi connectivity index (χ1) is 7.08. The number of hydrogen-bond acceptors (Lipinski definition) is 4. The molecule has 1 aliphatic rings. The van der Waals surface area contributed by atoms with Crippen molar-refractivity contribution in [1.82, 2.24) is 4.90 Å². The standard InChI is InChI=1S/C10H20N2O2S/c1-2-15-7-3-5-12-6-4-10(11,8-12)9(13)14/h2-8,11H2,1H3,(H,13,14). The Balaban J connectivity index is 2.22. The molecule has 4 nitrogen and oxygen atoms in total. The van der Waals surface area contributed by atoms with Crippen LogP contribution >= 0.6 is 11.8 Å². The molecule has 3 N–H and O–H groups in total. The molecular formula is C10H20N2O2S. The highest BCUT2D eigenvalue weighted by Gasteiger charge is 2.40. The molecule has 1 unspecified atom stereocenters. The van der Waals surface area contributed by atoms with Gasteiger partial charge in [0.15, 0.2) is 0 Å². The van der Waals surface area contributed by atoms with Crippen molar-refractivity contribution in [2.75, 3.05) is 31.1 Å². The largest absolute Gasteiger partial charge is 0.480 e. The summed E-state index contributed by atoms with van der Waals surface area (Å²) in [5.74, 6) is 1.43. The van der Waals surface area contributed by atoms with Crippen LogP contribution in [0, 0.1) is 0 Å². The summed E-state index contributed by atoms with van der Waals surface area (Å²) in [4.78, 5) is 13.0. The molecule has 1 atom stereocenters. The van der Waals surface area contributed by atoms with Gasteiger partial charge in [-0.3, -0.25) is 4.79 Å². The zero-order valence-electron chi connectivity index (χ0n) is 9.24. The summed E-state index contributed by atoms with van der Waals surface area (Å²) in [6.45, 7) is 4.44. The number of hydrogen-bond donors (Lipinski definition) is 2. The molecule has 1 heterocycles. The van der Waals surface area contributed by atoms with Gasteiger partial charge >= 0.3 is 5.97 Å². The van der Waals surface area contributed by atoms with Crippen molar-refractivity contribution in [3.63, 3.8) is 0 Å². The van der Waals surface area contributed by atoms with E-state index in [2.05, 4.69) is 11.8 Å². The van der Waals surface area contributed by atoms with Crippen molar-refractivity contribution in [1.29, 1.82) is 0 Å². The third kappa shape index (κ3) is 3.66. The maximum Gasteiger partial charge on any atom is 0.325 e. The third-order valence-corrected chi connectivity index (χ3v) is 3.76. The number of likely N-dealkylation sites (tertiary alicyclic amines) is 1. The van der Waals surface area contributed by atoms with Gasteiger partial charge in [0.2, 0.25) is 0 Å². The molecule has 0 aliphatic carbocycles. The minimum Gasteiger partial charge on any atom is -0.480 e. The number of carboxylic acid groups (broad SMARTS) is 1. The highest BCUT2D eigenvalue weighted by molar-refractivity contribution is 7.99. The SMILES string of the molecule is CCSCCCN1CCC(N)(C(=O)O)C1. The molecule has 0 aromatic rings. The van der Waals surface area contributed by atoms with Gasteiger partial charge in [-0.15, -0.1) is 0 Å². The molecule has 1 rings (SSSR count). The fraction of sp³-hybridized carbons (Fsp3) is 0.900. The van der Waals surface area contributed by atoms with Crippen LogP contribution in [0.1, 0.15) is 19.8 Å². The van der Waals surface area contributed by atoms with E-state index in [1.807, 2.05) is 11.8 Å². The quantitative estimate of drug-likeness (QED) is 0.657. The molecule has 0 spiro atoms. The predicted molar refractivity (Wildman–Crippen MR) is 63.2 cm³/mol. The summed E-state index contributed by atoms with van der Waals surface area (Å²) in [6.07, 6.45) is 1.69. The molecular weight excluding hydrogens is 212 g/mol. The van der Waals surface area contributed by atoms with Crippen LogP contribution in [0.2, 0.25) is 0 Å². The van der Waals surface area contributed by atoms with E-state index in [4.69, 9.17) is 10.8 Å². The van der Waals surface area contributed by atoms with Gasteiger partial charge in [0, 0.05) is 13.1 Å². The second-order valence-corrected chi connectivity index (χ2v) is 5.43. The van der Waals surface area contributed by atoms with Crippen molar-refractivity contribution < 1.29 is 9.90 Å². The first-order valence-corrected chi connectivity index (χ1v) is 6.56. The summed E-state index contributed by atoms with van der Waals surface area (Å²) < 4.78 is 0. The van der Waals surface area contributed by atoms with Crippen LogP contribution in [-0.4, -0.2) is 52.7 Å². The molecule has 0 amide bonds. The maximum atomic E-state index is 10.9. The summed E-state index contributed by atoms with van der Waals surface area (Å²) in [6, 6.07) is 0. The van der Waals surface area contributed by atoms with Crippen LogP contribution < -0.4 is 5.73 Å². The zero-order chi connectivity index (χ0) is 11.3. The molecule has 5 heteroatoms. The normalized spacial score (nSPS) is 27.1. The van der Waals surface area contributed by atoms with E-state index in [1.54, 1.807) is 0 Å². The highest BCUT2D eigenvalue weighted by Crippen LogP contribution is 2.19. The highest BCUT2D eigenvalue weighted by atomic mass is 32.2. The second-order valence-electron chi connectivity index (χ2n) is 4.04. The van der Waals surface area contributed by atoms with Crippen molar-refractivity contribution in [3.8, 4) is 0 Å². The molecule has 0 aromatic carbocycles. The third-order valence-electron chi connectivity index (χ3n) is 2.77. The topological polar surface area (TPSA) is 66.6 Å². The lowest BCUT2D eigenvalue weighted by molar-refractivity contribution is -0.142. The summed E-state index contributed by atoms with van der Waals surface area (Å²) in [5, 5.41) is 8.94. The molecule has 0 aromatic heterocycles. The van der Waals surface area contributed by atoms with Gasteiger partial charge in [-0.25, -0.2) is 0 Å². The molecule has 88 valence electrons. The number of rotatable bonds is 6. The number of carboxylic acids is 1. The number of nitrogens with zero attached hydrogens (tertiary/aromatic N) is 1. The number of nitrogens with two attached hydrogens (primary N) is 1. The Morgan fingerprint density at radius 3 is 2.93 bits per heavy atom. The number of thioether (sulfide) groups is 1. The zero-order valence-corrected chi connectivity index (χ0v) is 10.1. The van der Waals surface area contributed by atoms with Gasteiger partial charge in [-0.1, -0.05) is 6.92 Å². The van der Waals surface area contributed by atoms with Crippen molar-refractivity contribution in [2.24, 2.45) is 5.73 Å². The van der Waals surface area contributed by atoms with Gasteiger partial charge in [-0.2, -0.15) is 11.8 Å². The Hall–Kier alpha value is -0.260. The maximum absolute atomic E-state index is 10.9. The predicted octanol–water partition coefficient (Wildman–Crippen LogP) is 0.617. The van der Waals surface area contributed by atoms with Crippen molar-refractivity contribution >= 4 is 17.7 Å². The van der Waals surface area contributed by atoms with E-state index in [1.165, 1.54) is 0 Å². The van der Waals surface area contributed by atoms with E-state index in [0.717, 1.165) is 31.0 Å². The first kappa shape index (κ1) is 12.8. The van der Waals surface area contributed by atoms with Crippen LogP contribution in [0.15, 0.2) is 0 Å². The molecule has 1 saturated heterocycles. The van der Waals surface area contributed by atoms with Crippen molar-refractivity contribution in [3.05, 3.63) is 0 Å². The number of aliphatic carboxylic acids is 1. The Kier molecular flexibility index (Phi) is 4.89. The summed E-state index contributed by atoms with van der Waals surface area (Å²) in [5.41, 5.74) is 4.77. The van der Waals surface area contributed by atoms with Gasteiger partial charge in [-0.05, 0) is 30.9 Å². The average molecular weight is 232 g/mol. The molecule has 15 heavy (non-hydrogen) atoms. The Bertz CT molecular complexity index is 225. The molecule has 0 bridgehead atoms. The molecule has 1 fully saturated rings. The van der Waals surface area contributed by atoms with E-state index < -0.39 is 11.5 Å². The monoisotopic (exact) mass is 232 g/mol. The Morgan fingerprint density at radius 1 is 1.67 bits per heavy atom. The molecule has 0 radical (unpaired) electrons. The van der Waals surface area contributed by atoms with E-state index in [9.17, 15) is 4.79 Å². The van der Waals surface area contributed by atoms with Crippen LogP contribution in [0.25, 0.3) is 0 Å². The number of carbonyl (C=O) groups is 1. The smallest absolute Gasteiger partial charge is 0.325 e. The summed E-state index contributed by atoms with van der Waals surface area (Å²) in [7, 11) is 0. The molecule has 1 aliphatic heterocycles. The van der Waals surface area contributed by atoms with Crippen molar-refractivity contribution in [2.45, 2.75) is 25.3 Å². The van der Waals surface area contributed by atoms with Gasteiger partial charge in [0.25, 0.3) is 0 Å². The van der Waals surface area contributed by atoms with Gasteiger partial charge < -0.3 is 15.7 Å². The molecule has 0 saturated carbocycles. The Labute approximate surface area is 95.2 Å². The second kappa shape index (κ2) is 5.72. The fourth-order valence-corrected chi connectivity index (χ4v) is 2.44. The van der Waals surface area contributed by atoms with Crippen LogP contribution in [0.4, 0.5) is 0 Å². The first-order valence-electron chi connectivity index (χ1n) is 5.41. The van der Waals surface area contributed by atoms with Gasteiger partial charge in [0.05, 0.1) is 0 Å². The van der Waals surface area contributed by atoms with E-state index in [-0.39, 0.29) is 0 Å². The van der Waals surface area contributed by atoms with Gasteiger partial charge in [0.1, 0.15) is 5.54 Å². The lowest BCUT2D eigenvalue weighted by Crippen LogP contribution is -2.50. The Morgan fingerprint density at radius 2 is 2.40 bits per heavy atom. The lowest BCUT2D eigenvalue weighted by atomic mass is 10.0. The van der Waals surface area contributed by atoms with Crippen LogP contribution in [0.3, 0.4) is 0 Å². The summed E-state index contributed by atoms with van der Waals surface area (Å²) >= 11 is 1.92. The van der Waals surface area contributed by atoms with Crippen LogP contribution in [0.5, 0.6) is 0 Å². The van der Waals surface area contributed by atoms with E-state index >= 15 is 0 Å². The lowest BCUT2D eigenvalue weighted by Gasteiger charge is -2.19. The van der Waals surface area contributed by atoms with Crippen LogP contribution in [-0.2, 0) is 4.79 Å². The minimum atomic E-state index is -1.00. The van der Waals surface area contributed by atoms with E-state index in [0.29, 0.717) is 13.0 Å². The fourth-order valence-electron chi connectivity index (χ4n) is 1.81. The average Bonchev–Trinajstić information content (AvgIpc) is 2.57.